The summed E-state index contributed by atoms with van der Waals surface area (Å²) in [5.41, 5.74) is 10.6. The standard InChI is InChI=1S/C50H30N6O/c1-4-14-31(15-5-1)35-21-12-24-43-44(35)40-30-33(25-28-42(40)57-43)48-52-47(32-16-6-2-7-17-32)53-50(54-48)56-41-23-11-10-20-36(41)37-26-27-38-39-22-13-29-51-49(39)55(45(38)46(37)56)34-18-8-3-9-19-34/h1-30H. The Morgan fingerprint density at radius 1 is 0.421 bits per heavy atom. The van der Waals surface area contributed by atoms with Crippen molar-refractivity contribution in [3.63, 3.8) is 0 Å². The first kappa shape index (κ1) is 31.5. The van der Waals surface area contributed by atoms with E-state index >= 15 is 0 Å². The molecule has 12 rings (SSSR count). The van der Waals surface area contributed by atoms with E-state index in [1.807, 2.05) is 79.0 Å². The van der Waals surface area contributed by atoms with Crippen molar-refractivity contribution in [1.29, 1.82) is 0 Å². The molecule has 0 saturated heterocycles. The number of hydrogen-bond donors (Lipinski definition) is 0. The molecule has 0 bridgehead atoms. The van der Waals surface area contributed by atoms with Crippen LogP contribution in [0.3, 0.4) is 0 Å². The molecule has 0 aliphatic carbocycles. The molecule has 5 aromatic heterocycles. The molecule has 266 valence electrons. The fourth-order valence-corrected chi connectivity index (χ4v) is 8.55. The van der Waals surface area contributed by atoms with Crippen molar-refractivity contribution in [1.82, 2.24) is 29.1 Å². The van der Waals surface area contributed by atoms with Crippen LogP contribution in [0.1, 0.15) is 0 Å². The highest BCUT2D eigenvalue weighted by Gasteiger charge is 2.24. The number of para-hydroxylation sites is 2. The van der Waals surface area contributed by atoms with Crippen LogP contribution >= 0.6 is 0 Å². The molecule has 0 aliphatic heterocycles. The maximum Gasteiger partial charge on any atom is 0.238 e. The van der Waals surface area contributed by atoms with Crippen LogP contribution in [0.15, 0.2) is 187 Å². The van der Waals surface area contributed by atoms with Crippen molar-refractivity contribution >= 4 is 65.7 Å². The van der Waals surface area contributed by atoms with Crippen LogP contribution < -0.4 is 0 Å². The summed E-state index contributed by atoms with van der Waals surface area (Å²) in [5.74, 6) is 1.68. The van der Waals surface area contributed by atoms with Gasteiger partial charge in [-0.15, -0.1) is 0 Å². The number of benzene rings is 7. The second kappa shape index (κ2) is 12.3. The SMILES string of the molecule is c1ccc(-c2nc(-c3ccc4oc5cccc(-c6ccccc6)c5c4c3)nc(-n3c4ccccc4c4ccc5c6cccnc6n(-c6ccccc6)c5c43)n2)cc1. The largest absolute Gasteiger partial charge is 0.456 e. The lowest BCUT2D eigenvalue weighted by molar-refractivity contribution is 0.669. The van der Waals surface area contributed by atoms with Crippen molar-refractivity contribution in [2.24, 2.45) is 0 Å². The number of aromatic nitrogens is 6. The van der Waals surface area contributed by atoms with E-state index in [1.165, 1.54) is 0 Å². The molecule has 0 radical (unpaired) electrons. The third-order valence-electron chi connectivity index (χ3n) is 11.0. The lowest BCUT2D eigenvalue weighted by Gasteiger charge is -2.13. The van der Waals surface area contributed by atoms with Crippen molar-refractivity contribution in [2.75, 3.05) is 0 Å². The molecule has 7 nitrogen and oxygen atoms in total. The zero-order valence-electron chi connectivity index (χ0n) is 30.4. The summed E-state index contributed by atoms with van der Waals surface area (Å²) in [6.45, 7) is 0. The van der Waals surface area contributed by atoms with E-state index < -0.39 is 0 Å². The van der Waals surface area contributed by atoms with Crippen LogP contribution in [0.5, 0.6) is 0 Å². The normalized spacial score (nSPS) is 11.9. The van der Waals surface area contributed by atoms with Gasteiger partial charge in [0.1, 0.15) is 16.8 Å². The maximum atomic E-state index is 6.43. The van der Waals surface area contributed by atoms with Crippen molar-refractivity contribution in [3.05, 3.63) is 182 Å². The van der Waals surface area contributed by atoms with E-state index in [-0.39, 0.29) is 0 Å². The minimum atomic E-state index is 0.525. The minimum Gasteiger partial charge on any atom is -0.456 e. The van der Waals surface area contributed by atoms with Crippen molar-refractivity contribution < 1.29 is 4.42 Å². The molecule has 0 atom stereocenters. The molecule has 57 heavy (non-hydrogen) atoms. The Hall–Kier alpha value is -7.90. The van der Waals surface area contributed by atoms with Gasteiger partial charge in [-0.1, -0.05) is 121 Å². The quantitative estimate of drug-likeness (QED) is 0.176. The molecule has 0 spiro atoms. The Kier molecular flexibility index (Phi) is 6.79. The van der Waals surface area contributed by atoms with Gasteiger partial charge < -0.3 is 4.42 Å². The zero-order valence-corrected chi connectivity index (χ0v) is 30.4. The Morgan fingerprint density at radius 3 is 1.89 bits per heavy atom. The number of rotatable bonds is 5. The summed E-state index contributed by atoms with van der Waals surface area (Å²) in [7, 11) is 0. The van der Waals surface area contributed by atoms with Gasteiger partial charge >= 0.3 is 0 Å². The van der Waals surface area contributed by atoms with Gasteiger partial charge in [0.2, 0.25) is 5.95 Å². The summed E-state index contributed by atoms with van der Waals surface area (Å²) < 4.78 is 10.9. The van der Waals surface area contributed by atoms with Crippen LogP contribution in [0.2, 0.25) is 0 Å². The first-order chi connectivity index (χ1) is 28.3. The first-order valence-electron chi connectivity index (χ1n) is 19.0. The Morgan fingerprint density at radius 2 is 1.09 bits per heavy atom. The van der Waals surface area contributed by atoms with E-state index in [2.05, 4.69) is 112 Å². The van der Waals surface area contributed by atoms with Crippen LogP contribution in [-0.2, 0) is 0 Å². The summed E-state index contributed by atoms with van der Waals surface area (Å²) in [5, 5.41) is 6.44. The predicted octanol–water partition coefficient (Wildman–Crippen LogP) is 12.4. The first-order valence-corrected chi connectivity index (χ1v) is 19.0. The highest BCUT2D eigenvalue weighted by Crippen LogP contribution is 2.42. The molecule has 7 heteroatoms. The molecule has 5 heterocycles. The molecular weight excluding hydrogens is 701 g/mol. The fourth-order valence-electron chi connectivity index (χ4n) is 8.55. The van der Waals surface area contributed by atoms with Crippen LogP contribution in [0.4, 0.5) is 0 Å². The monoisotopic (exact) mass is 730 g/mol. The van der Waals surface area contributed by atoms with E-state index in [0.717, 1.165) is 93.6 Å². The summed E-state index contributed by atoms with van der Waals surface area (Å²) in [4.78, 5) is 20.8. The van der Waals surface area contributed by atoms with E-state index in [1.54, 1.807) is 0 Å². The number of fused-ring (bicyclic) bond motifs is 10. The molecule has 12 aromatic rings. The number of nitrogens with zero attached hydrogens (tertiary/aromatic N) is 6. The van der Waals surface area contributed by atoms with Crippen LogP contribution in [-0.4, -0.2) is 29.1 Å². The maximum absolute atomic E-state index is 6.43. The average Bonchev–Trinajstić information content (AvgIpc) is 3.95. The summed E-state index contributed by atoms with van der Waals surface area (Å²) in [6, 6.07) is 60.6. The second-order valence-electron chi connectivity index (χ2n) is 14.3. The third kappa shape index (κ3) is 4.79. The van der Waals surface area contributed by atoms with Crippen LogP contribution in [0, 0.1) is 0 Å². The Labute approximate surface area is 325 Å². The molecule has 0 saturated carbocycles. The molecule has 0 fully saturated rings. The minimum absolute atomic E-state index is 0.525. The van der Waals surface area contributed by atoms with Gasteiger partial charge in [-0.05, 0) is 65.7 Å². The summed E-state index contributed by atoms with van der Waals surface area (Å²) >= 11 is 0. The molecular formula is C50H30N6O. The predicted molar refractivity (Wildman–Crippen MR) is 230 cm³/mol. The van der Waals surface area contributed by atoms with Gasteiger partial charge in [-0.3, -0.25) is 9.13 Å². The zero-order chi connectivity index (χ0) is 37.5. The van der Waals surface area contributed by atoms with E-state index in [4.69, 9.17) is 24.4 Å². The Balaban J connectivity index is 1.18. The molecule has 7 aromatic carbocycles. The highest BCUT2D eigenvalue weighted by molar-refractivity contribution is 6.23. The van der Waals surface area contributed by atoms with Gasteiger partial charge in [0.15, 0.2) is 11.6 Å². The van der Waals surface area contributed by atoms with Crippen LogP contribution in [0.25, 0.3) is 111 Å². The fraction of sp³-hybridized carbons (Fsp3) is 0. The van der Waals surface area contributed by atoms with Gasteiger partial charge in [-0.2, -0.15) is 9.97 Å². The molecule has 0 N–H and O–H groups in total. The number of hydrogen-bond acceptors (Lipinski definition) is 5. The summed E-state index contributed by atoms with van der Waals surface area (Å²) in [6.07, 6.45) is 1.86. The molecule has 0 amide bonds. The smallest absolute Gasteiger partial charge is 0.238 e. The van der Waals surface area contributed by atoms with Gasteiger partial charge in [0.25, 0.3) is 0 Å². The topological polar surface area (TPSA) is 74.6 Å². The van der Waals surface area contributed by atoms with E-state index in [0.29, 0.717) is 17.6 Å². The van der Waals surface area contributed by atoms with E-state index in [9.17, 15) is 0 Å². The number of furan rings is 1. The highest BCUT2D eigenvalue weighted by atomic mass is 16.3. The van der Waals surface area contributed by atoms with Gasteiger partial charge in [0.05, 0.1) is 16.6 Å². The lowest BCUT2D eigenvalue weighted by atomic mass is 9.99. The van der Waals surface area contributed by atoms with Crippen molar-refractivity contribution in [2.45, 2.75) is 0 Å². The van der Waals surface area contributed by atoms with Gasteiger partial charge in [-0.25, -0.2) is 9.97 Å². The van der Waals surface area contributed by atoms with Gasteiger partial charge in [0, 0.05) is 55.3 Å². The molecule has 0 unspecified atom stereocenters. The Bertz CT molecular complexity index is 3510. The second-order valence-corrected chi connectivity index (χ2v) is 14.3. The number of pyridine rings is 1. The average molecular weight is 731 g/mol. The molecule has 0 aliphatic rings. The third-order valence-corrected chi connectivity index (χ3v) is 11.0. The van der Waals surface area contributed by atoms with Crippen molar-refractivity contribution in [3.8, 4) is 45.5 Å². The lowest BCUT2D eigenvalue weighted by Crippen LogP contribution is -2.07.